The molecule has 40 heavy (non-hydrogen) atoms. The van der Waals surface area contributed by atoms with Crippen LogP contribution in [-0.4, -0.2) is 34.8 Å². The summed E-state index contributed by atoms with van der Waals surface area (Å²) in [6.07, 6.45) is 5.63. The standard InChI is InChI=1S/C35H34N2O3/c38-34-33(25-22-30-20-23-32(24-21-30)40-31-18-8-3-9-19-31)36(26-10-16-28-12-4-1-5-13-28)35(39)37(34)27-11-17-29-14-6-2-7-15-29/h1-9,12-15,18-21,23-25H,10-11,16-17,22,26-27H2/b33-25-. The molecule has 0 spiro atoms. The van der Waals surface area contributed by atoms with Crippen molar-refractivity contribution in [1.82, 2.24) is 9.80 Å². The lowest BCUT2D eigenvalue weighted by Crippen LogP contribution is -2.34. The smallest absolute Gasteiger partial charge is 0.331 e. The summed E-state index contributed by atoms with van der Waals surface area (Å²) in [4.78, 5) is 29.9. The monoisotopic (exact) mass is 530 g/mol. The zero-order valence-corrected chi connectivity index (χ0v) is 22.6. The number of aryl methyl sites for hydroxylation is 2. The highest BCUT2D eigenvalue weighted by Gasteiger charge is 2.39. The molecule has 202 valence electrons. The van der Waals surface area contributed by atoms with E-state index in [2.05, 4.69) is 24.3 Å². The number of hydrogen-bond donors (Lipinski definition) is 0. The van der Waals surface area contributed by atoms with Crippen LogP contribution in [0.3, 0.4) is 0 Å². The van der Waals surface area contributed by atoms with Gasteiger partial charge in [0.15, 0.2) is 0 Å². The summed E-state index contributed by atoms with van der Waals surface area (Å²) < 4.78 is 5.89. The molecule has 0 aromatic heterocycles. The number of imide groups is 1. The van der Waals surface area contributed by atoms with Gasteiger partial charge in [-0.2, -0.15) is 0 Å². The minimum Gasteiger partial charge on any atom is -0.457 e. The van der Waals surface area contributed by atoms with Crippen LogP contribution < -0.4 is 4.74 Å². The molecule has 4 aromatic rings. The van der Waals surface area contributed by atoms with Crippen molar-refractivity contribution in [2.75, 3.05) is 13.1 Å². The lowest BCUT2D eigenvalue weighted by molar-refractivity contribution is -0.123. The summed E-state index contributed by atoms with van der Waals surface area (Å²) in [6.45, 7) is 0.912. The fraction of sp³-hybridized carbons (Fsp3) is 0.200. The van der Waals surface area contributed by atoms with Crippen molar-refractivity contribution in [3.8, 4) is 11.5 Å². The summed E-state index contributed by atoms with van der Waals surface area (Å²) in [7, 11) is 0. The van der Waals surface area contributed by atoms with Gasteiger partial charge in [0.1, 0.15) is 17.2 Å². The van der Waals surface area contributed by atoms with E-state index in [9.17, 15) is 9.59 Å². The van der Waals surface area contributed by atoms with E-state index in [-0.39, 0.29) is 11.9 Å². The van der Waals surface area contributed by atoms with Crippen LogP contribution in [0.4, 0.5) is 4.79 Å². The van der Waals surface area contributed by atoms with Gasteiger partial charge in [-0.25, -0.2) is 4.79 Å². The van der Waals surface area contributed by atoms with Crippen molar-refractivity contribution in [2.45, 2.75) is 32.1 Å². The molecule has 0 atom stereocenters. The summed E-state index contributed by atoms with van der Waals surface area (Å²) in [6, 6.07) is 37.7. The number of carbonyl (C=O) groups is 2. The van der Waals surface area contributed by atoms with E-state index in [1.807, 2.05) is 97.1 Å². The van der Waals surface area contributed by atoms with Crippen LogP contribution in [0.25, 0.3) is 0 Å². The molecular weight excluding hydrogens is 496 g/mol. The number of para-hydroxylation sites is 1. The molecule has 0 N–H and O–H groups in total. The Labute approximate surface area is 236 Å². The zero-order chi connectivity index (χ0) is 27.6. The molecular formula is C35H34N2O3. The number of hydrogen-bond acceptors (Lipinski definition) is 3. The Morgan fingerprint density at radius 2 is 1.05 bits per heavy atom. The molecule has 1 fully saturated rings. The number of amides is 3. The van der Waals surface area contributed by atoms with Gasteiger partial charge in [0, 0.05) is 13.1 Å². The minimum absolute atomic E-state index is 0.207. The minimum atomic E-state index is -0.219. The SMILES string of the molecule is O=C1/C(=C/Cc2ccc(Oc3ccccc3)cc2)N(CCCc2ccccc2)C(=O)N1CCCc1ccccc1. The molecule has 5 nitrogen and oxygen atoms in total. The van der Waals surface area contributed by atoms with Crippen molar-refractivity contribution >= 4 is 11.9 Å². The third kappa shape index (κ3) is 7.06. The predicted molar refractivity (Wildman–Crippen MR) is 158 cm³/mol. The van der Waals surface area contributed by atoms with Gasteiger partial charge in [-0.15, -0.1) is 0 Å². The van der Waals surface area contributed by atoms with Gasteiger partial charge in [-0.05, 0) is 73.1 Å². The van der Waals surface area contributed by atoms with Crippen molar-refractivity contribution in [3.05, 3.63) is 144 Å². The first-order valence-corrected chi connectivity index (χ1v) is 13.9. The number of carbonyl (C=O) groups excluding carboxylic acids is 2. The number of nitrogens with zero attached hydrogens (tertiary/aromatic N) is 2. The first-order chi connectivity index (χ1) is 19.7. The molecule has 0 aliphatic carbocycles. The lowest BCUT2D eigenvalue weighted by atomic mass is 10.1. The van der Waals surface area contributed by atoms with Gasteiger partial charge in [0.05, 0.1) is 0 Å². The number of allylic oxidation sites excluding steroid dienone is 1. The van der Waals surface area contributed by atoms with Gasteiger partial charge in [0.25, 0.3) is 5.91 Å². The maximum Gasteiger partial charge on any atom is 0.331 e. The molecule has 1 saturated heterocycles. The first kappa shape index (κ1) is 26.9. The number of benzene rings is 4. The Hall–Kier alpha value is -4.64. The van der Waals surface area contributed by atoms with Gasteiger partial charge in [-0.1, -0.05) is 97.1 Å². The van der Waals surface area contributed by atoms with Crippen molar-refractivity contribution in [2.24, 2.45) is 0 Å². The molecule has 0 unspecified atom stereocenters. The maximum atomic E-state index is 13.5. The highest BCUT2D eigenvalue weighted by molar-refractivity contribution is 6.11. The zero-order valence-electron chi connectivity index (χ0n) is 22.6. The van der Waals surface area contributed by atoms with Crippen LogP contribution in [-0.2, 0) is 24.1 Å². The van der Waals surface area contributed by atoms with E-state index in [4.69, 9.17) is 4.74 Å². The van der Waals surface area contributed by atoms with E-state index in [1.165, 1.54) is 16.0 Å². The average Bonchev–Trinajstić information content (AvgIpc) is 3.22. The molecule has 0 radical (unpaired) electrons. The first-order valence-electron chi connectivity index (χ1n) is 13.9. The van der Waals surface area contributed by atoms with Crippen LogP contribution in [0.2, 0.25) is 0 Å². The van der Waals surface area contributed by atoms with E-state index >= 15 is 0 Å². The van der Waals surface area contributed by atoms with E-state index in [0.29, 0.717) is 25.2 Å². The molecule has 1 aliphatic heterocycles. The fourth-order valence-corrected chi connectivity index (χ4v) is 4.90. The Balaban J connectivity index is 1.26. The second kappa shape index (κ2) is 13.4. The highest BCUT2D eigenvalue weighted by Crippen LogP contribution is 2.25. The molecule has 4 aromatic carbocycles. The molecule has 5 heteroatoms. The summed E-state index contributed by atoms with van der Waals surface area (Å²) in [5.74, 6) is 1.33. The lowest BCUT2D eigenvalue weighted by Gasteiger charge is -2.17. The second-order valence-corrected chi connectivity index (χ2v) is 9.92. The van der Waals surface area contributed by atoms with E-state index < -0.39 is 0 Å². The van der Waals surface area contributed by atoms with Crippen molar-refractivity contribution < 1.29 is 14.3 Å². The van der Waals surface area contributed by atoms with E-state index in [0.717, 1.165) is 42.7 Å². The quantitative estimate of drug-likeness (QED) is 0.141. The van der Waals surface area contributed by atoms with Crippen molar-refractivity contribution in [3.63, 3.8) is 0 Å². The molecule has 1 aliphatic rings. The normalized spacial score (nSPS) is 14.2. The molecule has 1 heterocycles. The Morgan fingerprint density at radius 3 is 1.62 bits per heavy atom. The fourth-order valence-electron chi connectivity index (χ4n) is 4.90. The van der Waals surface area contributed by atoms with Gasteiger partial charge >= 0.3 is 6.03 Å². The summed E-state index contributed by atoms with van der Waals surface area (Å²) >= 11 is 0. The Kier molecular flexibility index (Phi) is 9.05. The number of urea groups is 1. The molecule has 3 amide bonds. The second-order valence-electron chi connectivity index (χ2n) is 9.92. The van der Waals surface area contributed by atoms with Crippen molar-refractivity contribution in [1.29, 1.82) is 0 Å². The highest BCUT2D eigenvalue weighted by atomic mass is 16.5. The van der Waals surface area contributed by atoms with Gasteiger partial charge in [-0.3, -0.25) is 14.6 Å². The summed E-state index contributed by atoms with van der Waals surface area (Å²) in [5.41, 5.74) is 3.95. The topological polar surface area (TPSA) is 49.9 Å². The van der Waals surface area contributed by atoms with Crippen LogP contribution in [0.1, 0.15) is 29.5 Å². The van der Waals surface area contributed by atoms with Crippen LogP contribution in [0.5, 0.6) is 11.5 Å². The van der Waals surface area contributed by atoms with E-state index in [1.54, 1.807) is 4.90 Å². The van der Waals surface area contributed by atoms with Gasteiger partial charge < -0.3 is 4.74 Å². The third-order valence-electron chi connectivity index (χ3n) is 7.03. The number of ether oxygens (including phenoxy) is 1. The predicted octanol–water partition coefficient (Wildman–Crippen LogP) is 7.44. The molecule has 5 rings (SSSR count). The Morgan fingerprint density at radius 1 is 0.550 bits per heavy atom. The van der Waals surface area contributed by atoms with Crippen LogP contribution in [0.15, 0.2) is 127 Å². The summed E-state index contributed by atoms with van der Waals surface area (Å²) in [5, 5.41) is 0. The molecule has 0 bridgehead atoms. The maximum absolute atomic E-state index is 13.5. The Bertz CT molecular complexity index is 1420. The third-order valence-corrected chi connectivity index (χ3v) is 7.03. The van der Waals surface area contributed by atoms with Gasteiger partial charge in [0.2, 0.25) is 0 Å². The van der Waals surface area contributed by atoms with Crippen LogP contribution >= 0.6 is 0 Å². The average molecular weight is 531 g/mol. The largest absolute Gasteiger partial charge is 0.457 e. The molecule has 0 saturated carbocycles. The number of rotatable bonds is 12. The van der Waals surface area contributed by atoms with Crippen LogP contribution in [0, 0.1) is 0 Å².